The van der Waals surface area contributed by atoms with E-state index in [1.165, 1.54) is 24.8 Å². The van der Waals surface area contributed by atoms with Crippen molar-refractivity contribution >= 4 is 5.71 Å². The van der Waals surface area contributed by atoms with Gasteiger partial charge in [0.25, 0.3) is 0 Å². The molecule has 3 unspecified atom stereocenters. The molecule has 1 fully saturated rings. The highest BCUT2D eigenvalue weighted by Crippen LogP contribution is 2.61. The van der Waals surface area contributed by atoms with Crippen LogP contribution in [-0.4, -0.2) is 5.71 Å². The molecule has 0 bridgehead atoms. The largest absolute Gasteiger partial charge is 0.305 e. The molecule has 3 atom stereocenters. The summed E-state index contributed by atoms with van der Waals surface area (Å²) in [4.78, 5) is 0. The van der Waals surface area contributed by atoms with Crippen molar-refractivity contribution in [1.29, 1.82) is 5.41 Å². The molecule has 0 aromatic heterocycles. The summed E-state index contributed by atoms with van der Waals surface area (Å²) in [5, 5.41) is 8.27. The second kappa shape index (κ2) is 4.01. The maximum absolute atomic E-state index is 8.27. The molecule has 16 heavy (non-hydrogen) atoms. The molecule has 0 saturated heterocycles. The molecule has 0 aliphatic heterocycles. The van der Waals surface area contributed by atoms with Crippen LogP contribution in [0.25, 0.3) is 0 Å². The molecule has 0 spiro atoms. The van der Waals surface area contributed by atoms with E-state index in [0.717, 1.165) is 24.0 Å². The highest BCUT2D eigenvalue weighted by molar-refractivity contribution is 5.99. The van der Waals surface area contributed by atoms with Crippen molar-refractivity contribution in [2.45, 2.75) is 53.4 Å². The smallest absolute Gasteiger partial charge is 0.0350 e. The maximum atomic E-state index is 8.27. The predicted octanol–water partition coefficient (Wildman–Crippen LogP) is 4.43. The Hall–Kier alpha value is -0.590. The number of nitrogens with one attached hydrogen (secondary N) is 1. The van der Waals surface area contributed by atoms with Crippen LogP contribution in [-0.2, 0) is 0 Å². The molecule has 0 aromatic rings. The van der Waals surface area contributed by atoms with Crippen molar-refractivity contribution in [2.24, 2.45) is 23.2 Å². The Labute approximate surface area is 99.8 Å². The first-order chi connectivity index (χ1) is 7.45. The summed E-state index contributed by atoms with van der Waals surface area (Å²) in [6.45, 7) is 9.29. The van der Waals surface area contributed by atoms with E-state index in [1.807, 2.05) is 0 Å². The topological polar surface area (TPSA) is 23.9 Å². The normalized spacial score (nSPS) is 39.6. The molecule has 1 saturated carbocycles. The van der Waals surface area contributed by atoms with Gasteiger partial charge in [-0.3, -0.25) is 0 Å². The van der Waals surface area contributed by atoms with Crippen molar-refractivity contribution in [3.63, 3.8) is 0 Å². The summed E-state index contributed by atoms with van der Waals surface area (Å²) in [5.74, 6) is 2.27. The molecule has 2 aliphatic carbocycles. The fourth-order valence-electron chi connectivity index (χ4n) is 3.45. The van der Waals surface area contributed by atoms with Crippen LogP contribution in [0.15, 0.2) is 11.6 Å². The Morgan fingerprint density at radius 3 is 2.69 bits per heavy atom. The van der Waals surface area contributed by atoms with Gasteiger partial charge in [0.1, 0.15) is 0 Å². The lowest BCUT2D eigenvalue weighted by Gasteiger charge is -2.19. The van der Waals surface area contributed by atoms with Crippen LogP contribution in [0.2, 0.25) is 0 Å². The maximum Gasteiger partial charge on any atom is 0.0350 e. The molecular formula is C15H25N. The first-order valence-corrected chi connectivity index (χ1v) is 6.73. The Morgan fingerprint density at radius 1 is 1.44 bits per heavy atom. The van der Waals surface area contributed by atoms with Crippen molar-refractivity contribution in [3.8, 4) is 0 Å². The van der Waals surface area contributed by atoms with Gasteiger partial charge in [-0.25, -0.2) is 0 Å². The highest BCUT2D eigenvalue weighted by Gasteiger charge is 2.54. The van der Waals surface area contributed by atoms with Gasteiger partial charge in [-0.15, -0.1) is 0 Å². The van der Waals surface area contributed by atoms with Gasteiger partial charge in [0.2, 0.25) is 0 Å². The lowest BCUT2D eigenvalue weighted by atomic mass is 9.86. The summed E-state index contributed by atoms with van der Waals surface area (Å²) in [7, 11) is 0. The second-order valence-electron chi connectivity index (χ2n) is 6.46. The molecular weight excluding hydrogens is 194 g/mol. The molecule has 2 rings (SSSR count). The van der Waals surface area contributed by atoms with E-state index in [-0.39, 0.29) is 0 Å². The molecule has 2 aliphatic rings. The van der Waals surface area contributed by atoms with Gasteiger partial charge in [-0.1, -0.05) is 33.8 Å². The molecule has 0 aromatic carbocycles. The van der Waals surface area contributed by atoms with Gasteiger partial charge in [-0.05, 0) is 54.4 Å². The second-order valence-corrected chi connectivity index (χ2v) is 6.46. The zero-order valence-electron chi connectivity index (χ0n) is 11.1. The first-order valence-electron chi connectivity index (χ1n) is 6.73. The molecule has 1 N–H and O–H groups in total. The molecule has 0 radical (unpaired) electrons. The Morgan fingerprint density at radius 2 is 2.12 bits per heavy atom. The predicted molar refractivity (Wildman–Crippen MR) is 69.9 cm³/mol. The Bertz CT molecular complexity index is 326. The minimum Gasteiger partial charge on any atom is -0.305 e. The van der Waals surface area contributed by atoms with Crippen LogP contribution in [0.4, 0.5) is 0 Å². The molecule has 0 heterocycles. The van der Waals surface area contributed by atoms with E-state index in [1.54, 1.807) is 0 Å². The number of allylic oxidation sites excluding steroid dienone is 2. The van der Waals surface area contributed by atoms with Gasteiger partial charge in [0.15, 0.2) is 0 Å². The molecule has 0 amide bonds. The third kappa shape index (κ3) is 1.97. The van der Waals surface area contributed by atoms with E-state index in [2.05, 4.69) is 33.8 Å². The third-order valence-electron chi connectivity index (χ3n) is 4.61. The van der Waals surface area contributed by atoms with Crippen molar-refractivity contribution in [1.82, 2.24) is 0 Å². The van der Waals surface area contributed by atoms with E-state index in [4.69, 9.17) is 5.41 Å². The minimum absolute atomic E-state index is 0.343. The first kappa shape index (κ1) is 11.9. The van der Waals surface area contributed by atoms with Gasteiger partial charge >= 0.3 is 0 Å². The number of rotatable bonds is 2. The molecule has 1 nitrogen and oxygen atoms in total. The number of hydrogen-bond acceptors (Lipinski definition) is 1. The molecule has 1 heteroatoms. The van der Waals surface area contributed by atoms with Crippen LogP contribution in [0.5, 0.6) is 0 Å². The van der Waals surface area contributed by atoms with E-state index in [9.17, 15) is 0 Å². The quantitative estimate of drug-likeness (QED) is 0.710. The standard InChI is InChI=1S/C15H25N/c1-10(2)13-9-15(13,4)12-7-5-6-11(3)8-14(12)16/h7,10-11,13,16H,5-6,8-9H2,1-4H3. The Balaban J connectivity index is 2.15. The van der Waals surface area contributed by atoms with Crippen LogP contribution in [0.1, 0.15) is 53.4 Å². The van der Waals surface area contributed by atoms with Crippen LogP contribution in [0.3, 0.4) is 0 Å². The summed E-state index contributed by atoms with van der Waals surface area (Å²) >= 11 is 0. The van der Waals surface area contributed by atoms with E-state index < -0.39 is 0 Å². The zero-order valence-corrected chi connectivity index (χ0v) is 11.1. The van der Waals surface area contributed by atoms with Crippen LogP contribution >= 0.6 is 0 Å². The Kier molecular flexibility index (Phi) is 2.98. The average molecular weight is 219 g/mol. The fraction of sp³-hybridized carbons (Fsp3) is 0.800. The van der Waals surface area contributed by atoms with E-state index in [0.29, 0.717) is 11.3 Å². The average Bonchev–Trinajstić information content (AvgIpc) is 2.87. The van der Waals surface area contributed by atoms with Crippen LogP contribution in [0, 0.1) is 28.6 Å². The highest BCUT2D eigenvalue weighted by atomic mass is 14.6. The summed E-state index contributed by atoms with van der Waals surface area (Å²) in [5.41, 5.74) is 2.65. The fourth-order valence-corrected chi connectivity index (χ4v) is 3.45. The molecule has 90 valence electrons. The van der Waals surface area contributed by atoms with Gasteiger partial charge in [-0.2, -0.15) is 0 Å². The lowest BCUT2D eigenvalue weighted by molar-refractivity contribution is 0.474. The van der Waals surface area contributed by atoms with E-state index >= 15 is 0 Å². The zero-order chi connectivity index (χ0) is 11.9. The van der Waals surface area contributed by atoms with Crippen molar-refractivity contribution < 1.29 is 0 Å². The van der Waals surface area contributed by atoms with Crippen LogP contribution < -0.4 is 0 Å². The van der Waals surface area contributed by atoms with Crippen molar-refractivity contribution in [3.05, 3.63) is 11.6 Å². The minimum atomic E-state index is 0.343. The lowest BCUT2D eigenvalue weighted by Crippen LogP contribution is -2.15. The van der Waals surface area contributed by atoms with Gasteiger partial charge in [0, 0.05) is 5.71 Å². The van der Waals surface area contributed by atoms with Gasteiger partial charge in [0.05, 0.1) is 0 Å². The van der Waals surface area contributed by atoms with Gasteiger partial charge < -0.3 is 5.41 Å². The summed E-state index contributed by atoms with van der Waals surface area (Å²) < 4.78 is 0. The monoisotopic (exact) mass is 219 g/mol. The SMILES string of the molecule is CC1CCC=C(C2(C)CC2C(C)C)C(=N)C1. The summed E-state index contributed by atoms with van der Waals surface area (Å²) in [6, 6.07) is 0. The summed E-state index contributed by atoms with van der Waals surface area (Å²) in [6.07, 6.45) is 7.10. The van der Waals surface area contributed by atoms with Crippen molar-refractivity contribution in [2.75, 3.05) is 0 Å². The third-order valence-corrected chi connectivity index (χ3v) is 4.61. The number of hydrogen-bond donors (Lipinski definition) is 1.